The molecule has 1 N–H and O–H groups in total. The van der Waals surface area contributed by atoms with E-state index in [2.05, 4.69) is 5.32 Å². The Morgan fingerprint density at radius 3 is 2.68 bits per heavy atom. The Labute approximate surface area is 113 Å². The molecule has 2 nitrogen and oxygen atoms in total. The highest BCUT2D eigenvalue weighted by Gasteiger charge is 2.36. The third kappa shape index (κ3) is 3.74. The summed E-state index contributed by atoms with van der Waals surface area (Å²) in [6, 6.07) is 3.64. The van der Waals surface area contributed by atoms with Crippen molar-refractivity contribution >= 4 is 0 Å². The molecular weight excluding hydrogens is 248 g/mol. The second kappa shape index (κ2) is 6.44. The van der Waals surface area contributed by atoms with Gasteiger partial charge in [-0.3, -0.25) is 0 Å². The lowest BCUT2D eigenvalue weighted by Gasteiger charge is -2.27. The zero-order valence-electron chi connectivity index (χ0n) is 11.5. The molecule has 4 heteroatoms. The molecule has 106 valence electrons. The van der Waals surface area contributed by atoms with Crippen LogP contribution in [0.3, 0.4) is 0 Å². The Bertz CT molecular complexity index is 421. The molecule has 0 heterocycles. The van der Waals surface area contributed by atoms with Gasteiger partial charge < -0.3 is 10.1 Å². The van der Waals surface area contributed by atoms with Crippen LogP contribution in [0.5, 0.6) is 0 Å². The number of rotatable bonds is 7. The molecule has 0 aromatic heterocycles. The summed E-state index contributed by atoms with van der Waals surface area (Å²) < 4.78 is 32.5. The van der Waals surface area contributed by atoms with Crippen LogP contribution < -0.4 is 5.32 Å². The number of nitrogens with one attached hydrogen (secondary N) is 1. The van der Waals surface area contributed by atoms with Crippen LogP contribution in [0.25, 0.3) is 0 Å². The van der Waals surface area contributed by atoms with Crippen LogP contribution in [-0.4, -0.2) is 25.8 Å². The van der Waals surface area contributed by atoms with Crippen molar-refractivity contribution in [3.8, 4) is 0 Å². The van der Waals surface area contributed by atoms with E-state index in [-0.39, 0.29) is 18.0 Å². The first kappa shape index (κ1) is 14.4. The lowest BCUT2D eigenvalue weighted by Crippen LogP contribution is -2.44. The number of halogens is 2. The van der Waals surface area contributed by atoms with Crippen molar-refractivity contribution in [3.05, 3.63) is 35.4 Å². The van der Waals surface area contributed by atoms with E-state index in [9.17, 15) is 8.78 Å². The number of likely N-dealkylation sites (N-methyl/N-ethyl adjacent to an activating group) is 1. The second-order valence-electron chi connectivity index (χ2n) is 5.14. The van der Waals surface area contributed by atoms with Crippen molar-refractivity contribution in [2.45, 2.75) is 38.3 Å². The van der Waals surface area contributed by atoms with Gasteiger partial charge in [0.2, 0.25) is 0 Å². The van der Waals surface area contributed by atoms with Crippen molar-refractivity contribution in [3.63, 3.8) is 0 Å². The summed E-state index contributed by atoms with van der Waals surface area (Å²) in [5.74, 6) is -0.201. The smallest absolute Gasteiger partial charge is 0.126 e. The van der Waals surface area contributed by atoms with E-state index in [4.69, 9.17) is 4.74 Å². The number of benzene rings is 1. The molecule has 2 atom stereocenters. The molecule has 0 spiro atoms. The maximum Gasteiger partial charge on any atom is 0.126 e. The molecule has 1 aliphatic rings. The van der Waals surface area contributed by atoms with Crippen LogP contribution >= 0.6 is 0 Å². The highest BCUT2D eigenvalue weighted by Crippen LogP contribution is 2.36. The molecule has 0 radical (unpaired) electrons. The van der Waals surface area contributed by atoms with E-state index in [0.29, 0.717) is 17.9 Å². The normalized spacial score (nSPS) is 18.3. The molecule has 0 amide bonds. The summed E-state index contributed by atoms with van der Waals surface area (Å²) >= 11 is 0. The quantitative estimate of drug-likeness (QED) is 0.822. The van der Waals surface area contributed by atoms with Crippen LogP contribution in [0.4, 0.5) is 8.78 Å². The van der Waals surface area contributed by atoms with Crippen molar-refractivity contribution < 1.29 is 13.5 Å². The molecule has 0 aliphatic heterocycles. The molecule has 1 aromatic carbocycles. The minimum absolute atomic E-state index is 0.0267. The zero-order chi connectivity index (χ0) is 13.8. The van der Waals surface area contributed by atoms with Gasteiger partial charge in [-0.25, -0.2) is 8.78 Å². The van der Waals surface area contributed by atoms with Gasteiger partial charge in [0, 0.05) is 13.2 Å². The van der Waals surface area contributed by atoms with Crippen LogP contribution in [0.15, 0.2) is 18.2 Å². The van der Waals surface area contributed by atoms with Gasteiger partial charge in [-0.1, -0.05) is 6.92 Å². The fourth-order valence-corrected chi connectivity index (χ4v) is 2.61. The average Bonchev–Trinajstić information content (AvgIpc) is 3.19. The zero-order valence-corrected chi connectivity index (χ0v) is 11.5. The minimum Gasteiger partial charge on any atom is -0.380 e. The molecule has 0 saturated heterocycles. The van der Waals surface area contributed by atoms with E-state index in [1.807, 2.05) is 6.92 Å². The second-order valence-corrected chi connectivity index (χ2v) is 5.14. The Hall–Kier alpha value is -1.00. The fourth-order valence-electron chi connectivity index (χ4n) is 2.61. The molecule has 0 bridgehead atoms. The highest BCUT2D eigenvalue weighted by atomic mass is 19.1. The largest absolute Gasteiger partial charge is 0.380 e. The third-order valence-electron chi connectivity index (χ3n) is 3.67. The summed E-state index contributed by atoms with van der Waals surface area (Å²) in [5, 5.41) is 3.34. The molecule has 2 rings (SSSR count). The number of hydrogen-bond donors (Lipinski definition) is 1. The van der Waals surface area contributed by atoms with Gasteiger partial charge in [0.05, 0.1) is 6.10 Å². The summed E-state index contributed by atoms with van der Waals surface area (Å²) in [6.07, 6.45) is 2.84. The fraction of sp³-hybridized carbons (Fsp3) is 0.600. The van der Waals surface area contributed by atoms with Gasteiger partial charge in [0.25, 0.3) is 0 Å². The van der Waals surface area contributed by atoms with Crippen molar-refractivity contribution in [2.24, 2.45) is 5.92 Å². The minimum atomic E-state index is -0.396. The van der Waals surface area contributed by atoms with Gasteiger partial charge in [-0.15, -0.1) is 0 Å². The number of hydrogen-bond acceptors (Lipinski definition) is 2. The maximum absolute atomic E-state index is 13.7. The number of methoxy groups -OCH3 is 1. The van der Waals surface area contributed by atoms with Gasteiger partial charge in [-0.05, 0) is 55.5 Å². The topological polar surface area (TPSA) is 21.3 Å². The van der Waals surface area contributed by atoms with Crippen LogP contribution in [-0.2, 0) is 11.2 Å². The first-order valence-electron chi connectivity index (χ1n) is 6.85. The first-order chi connectivity index (χ1) is 9.15. The lowest BCUT2D eigenvalue weighted by molar-refractivity contribution is 0.0513. The predicted octanol–water partition coefficient (Wildman–Crippen LogP) is 2.91. The average molecular weight is 269 g/mol. The summed E-state index contributed by atoms with van der Waals surface area (Å²) in [4.78, 5) is 0. The Kier molecular flexibility index (Phi) is 4.88. The molecule has 2 unspecified atom stereocenters. The lowest BCUT2D eigenvalue weighted by atomic mass is 9.97. The molecule has 19 heavy (non-hydrogen) atoms. The van der Waals surface area contributed by atoms with E-state index >= 15 is 0 Å². The van der Waals surface area contributed by atoms with E-state index in [0.717, 1.165) is 25.5 Å². The van der Waals surface area contributed by atoms with Gasteiger partial charge in [0.15, 0.2) is 0 Å². The van der Waals surface area contributed by atoms with Crippen LogP contribution in [0.2, 0.25) is 0 Å². The van der Waals surface area contributed by atoms with Crippen LogP contribution in [0, 0.1) is 17.6 Å². The van der Waals surface area contributed by atoms with Gasteiger partial charge >= 0.3 is 0 Å². The molecule has 1 aromatic rings. The van der Waals surface area contributed by atoms with Crippen molar-refractivity contribution in [1.29, 1.82) is 0 Å². The predicted molar refractivity (Wildman–Crippen MR) is 71.0 cm³/mol. The van der Waals surface area contributed by atoms with Crippen molar-refractivity contribution in [1.82, 2.24) is 5.32 Å². The summed E-state index contributed by atoms with van der Waals surface area (Å²) in [6.45, 7) is 2.79. The van der Waals surface area contributed by atoms with E-state index in [1.165, 1.54) is 12.1 Å². The van der Waals surface area contributed by atoms with Crippen LogP contribution in [0.1, 0.15) is 25.3 Å². The Morgan fingerprint density at radius 1 is 1.37 bits per heavy atom. The van der Waals surface area contributed by atoms with Gasteiger partial charge in [0.1, 0.15) is 11.6 Å². The number of ether oxygens (including phenoxy) is 1. The summed E-state index contributed by atoms with van der Waals surface area (Å²) in [5.41, 5.74) is 0.411. The Morgan fingerprint density at radius 2 is 2.11 bits per heavy atom. The molecule has 1 aliphatic carbocycles. The van der Waals surface area contributed by atoms with Gasteiger partial charge in [-0.2, -0.15) is 0 Å². The Balaban J connectivity index is 2.12. The summed E-state index contributed by atoms with van der Waals surface area (Å²) in [7, 11) is 1.69. The third-order valence-corrected chi connectivity index (χ3v) is 3.67. The SMILES string of the molecule is CCNC(Cc1cc(F)ccc1F)C(OC)C1CC1. The monoisotopic (exact) mass is 269 g/mol. The molecule has 1 saturated carbocycles. The maximum atomic E-state index is 13.7. The highest BCUT2D eigenvalue weighted by molar-refractivity contribution is 5.20. The van der Waals surface area contributed by atoms with Crippen molar-refractivity contribution in [2.75, 3.05) is 13.7 Å². The first-order valence-corrected chi connectivity index (χ1v) is 6.85. The van der Waals surface area contributed by atoms with E-state index < -0.39 is 5.82 Å². The molecule has 1 fully saturated rings. The van der Waals surface area contributed by atoms with E-state index in [1.54, 1.807) is 7.11 Å². The molecular formula is C15H21F2NO. The standard InChI is InChI=1S/C15H21F2NO/c1-3-18-14(15(19-2)10-4-5-10)9-11-8-12(16)6-7-13(11)17/h6-8,10,14-15,18H,3-5,9H2,1-2H3.